The predicted octanol–water partition coefficient (Wildman–Crippen LogP) is 0.268. The zero-order chi connectivity index (χ0) is 8.43. The van der Waals surface area contributed by atoms with Gasteiger partial charge in [-0.05, 0) is 6.92 Å². The Morgan fingerprint density at radius 3 is 2.82 bits per heavy atom. The minimum atomic E-state index is -0.576. The van der Waals surface area contributed by atoms with Crippen LogP contribution in [-0.2, 0) is 4.79 Å². The molecule has 0 radical (unpaired) electrons. The summed E-state index contributed by atoms with van der Waals surface area (Å²) in [6, 6.07) is 1.94. The quantitative estimate of drug-likeness (QED) is 0.540. The Hall–Kier alpha value is -1.37. The van der Waals surface area contributed by atoms with Crippen molar-refractivity contribution in [3.05, 3.63) is 0 Å². The zero-order valence-corrected chi connectivity index (χ0v) is 6.46. The number of nitrogens with zero attached hydrogens (tertiary/aromatic N) is 2. The minimum Gasteiger partial charge on any atom is -0.272 e. The third-order valence-electron chi connectivity index (χ3n) is 1.92. The summed E-state index contributed by atoms with van der Waals surface area (Å²) < 4.78 is 0. The number of carbonyl (C=O) groups excluding carboxylic acids is 1. The van der Waals surface area contributed by atoms with Gasteiger partial charge >= 0.3 is 0 Å². The molecule has 58 valence electrons. The lowest BCUT2D eigenvalue weighted by atomic mass is 9.90. The van der Waals surface area contributed by atoms with E-state index < -0.39 is 5.92 Å². The van der Waals surface area contributed by atoms with Crippen LogP contribution < -0.4 is 5.43 Å². The molecule has 0 aromatic carbocycles. The van der Waals surface area contributed by atoms with Gasteiger partial charge in [0, 0.05) is 11.6 Å². The fourth-order valence-electron chi connectivity index (χ4n) is 0.953. The monoisotopic (exact) mass is 151 g/mol. The first kappa shape index (κ1) is 7.73. The van der Waals surface area contributed by atoms with E-state index in [2.05, 4.69) is 10.5 Å². The summed E-state index contributed by atoms with van der Waals surface area (Å²) >= 11 is 0. The first-order valence-electron chi connectivity index (χ1n) is 3.40. The van der Waals surface area contributed by atoms with Crippen LogP contribution in [0.15, 0.2) is 5.10 Å². The molecule has 0 saturated heterocycles. The Balaban J connectivity index is 2.90. The Morgan fingerprint density at radius 1 is 1.73 bits per heavy atom. The normalized spacial score (nSPS) is 30.3. The number of hydrazone groups is 1. The molecule has 2 atom stereocenters. The Bertz CT molecular complexity index is 251. The highest BCUT2D eigenvalue weighted by molar-refractivity contribution is 5.95. The number of hydrogen-bond acceptors (Lipinski definition) is 3. The highest BCUT2D eigenvalue weighted by Crippen LogP contribution is 2.15. The molecule has 1 heterocycles. The van der Waals surface area contributed by atoms with Crippen LogP contribution in [0.1, 0.15) is 13.8 Å². The Labute approximate surface area is 64.9 Å². The standard InChI is InChI=1S/C7H9N3O/c1-4-5(2)9-10-7(11)6(4)3-8/h4,6H,1-2H3,(H,10,11). The van der Waals surface area contributed by atoms with Crippen molar-refractivity contribution < 1.29 is 4.79 Å². The fraction of sp³-hybridized carbons (Fsp3) is 0.571. The van der Waals surface area contributed by atoms with Crippen molar-refractivity contribution in [2.24, 2.45) is 16.9 Å². The highest BCUT2D eigenvalue weighted by Gasteiger charge is 2.30. The largest absolute Gasteiger partial charge is 0.272 e. The Kier molecular flexibility index (Phi) is 1.90. The molecule has 0 aliphatic carbocycles. The molecule has 1 aliphatic heterocycles. The van der Waals surface area contributed by atoms with E-state index >= 15 is 0 Å². The van der Waals surface area contributed by atoms with Gasteiger partial charge in [-0.2, -0.15) is 10.4 Å². The molecule has 2 unspecified atom stereocenters. The molecule has 11 heavy (non-hydrogen) atoms. The molecule has 1 N–H and O–H groups in total. The van der Waals surface area contributed by atoms with Crippen LogP contribution in [0.3, 0.4) is 0 Å². The van der Waals surface area contributed by atoms with Gasteiger partial charge in [0.05, 0.1) is 6.07 Å². The van der Waals surface area contributed by atoms with E-state index in [0.29, 0.717) is 0 Å². The van der Waals surface area contributed by atoms with E-state index in [9.17, 15) is 4.79 Å². The first-order valence-corrected chi connectivity index (χ1v) is 3.40. The van der Waals surface area contributed by atoms with Gasteiger partial charge in [0.1, 0.15) is 5.92 Å². The van der Waals surface area contributed by atoms with Crippen LogP contribution >= 0.6 is 0 Å². The average Bonchev–Trinajstić information content (AvgIpc) is 1.99. The molecule has 4 heteroatoms. The molecular weight excluding hydrogens is 142 g/mol. The number of hydrogen-bond donors (Lipinski definition) is 1. The lowest BCUT2D eigenvalue weighted by molar-refractivity contribution is -0.124. The van der Waals surface area contributed by atoms with E-state index in [1.807, 2.05) is 13.0 Å². The van der Waals surface area contributed by atoms with Crippen LogP contribution in [0, 0.1) is 23.2 Å². The molecule has 0 bridgehead atoms. The van der Waals surface area contributed by atoms with E-state index in [-0.39, 0.29) is 11.8 Å². The molecule has 1 rings (SSSR count). The number of amides is 1. The number of carbonyl (C=O) groups is 1. The molecule has 4 nitrogen and oxygen atoms in total. The van der Waals surface area contributed by atoms with Crippen molar-refractivity contribution in [1.82, 2.24) is 5.43 Å². The maximum Gasteiger partial charge on any atom is 0.258 e. The van der Waals surface area contributed by atoms with E-state index in [0.717, 1.165) is 5.71 Å². The molecule has 1 amide bonds. The molecule has 0 spiro atoms. The number of rotatable bonds is 0. The van der Waals surface area contributed by atoms with Gasteiger partial charge < -0.3 is 0 Å². The van der Waals surface area contributed by atoms with Crippen molar-refractivity contribution in [3.8, 4) is 6.07 Å². The first-order chi connectivity index (χ1) is 5.16. The summed E-state index contributed by atoms with van der Waals surface area (Å²) in [5.74, 6) is -0.938. The summed E-state index contributed by atoms with van der Waals surface area (Å²) in [5.41, 5.74) is 3.09. The topological polar surface area (TPSA) is 65.2 Å². The van der Waals surface area contributed by atoms with Gasteiger partial charge in [-0.25, -0.2) is 5.43 Å². The van der Waals surface area contributed by atoms with Crippen LogP contribution in [0.25, 0.3) is 0 Å². The van der Waals surface area contributed by atoms with Crippen molar-refractivity contribution >= 4 is 11.6 Å². The highest BCUT2D eigenvalue weighted by atomic mass is 16.2. The Morgan fingerprint density at radius 2 is 2.36 bits per heavy atom. The summed E-state index contributed by atoms with van der Waals surface area (Å²) in [6.45, 7) is 3.62. The summed E-state index contributed by atoms with van der Waals surface area (Å²) in [4.78, 5) is 10.9. The fourth-order valence-corrected chi connectivity index (χ4v) is 0.953. The van der Waals surface area contributed by atoms with E-state index in [4.69, 9.17) is 5.26 Å². The maximum absolute atomic E-state index is 10.9. The van der Waals surface area contributed by atoms with Gasteiger partial charge in [0.25, 0.3) is 5.91 Å². The average molecular weight is 151 g/mol. The second-order valence-electron chi connectivity index (χ2n) is 2.62. The van der Waals surface area contributed by atoms with Crippen LogP contribution in [-0.4, -0.2) is 11.6 Å². The predicted molar refractivity (Wildman–Crippen MR) is 39.5 cm³/mol. The zero-order valence-electron chi connectivity index (χ0n) is 6.46. The van der Waals surface area contributed by atoms with Gasteiger partial charge in [0.15, 0.2) is 0 Å². The minimum absolute atomic E-state index is 0.0613. The van der Waals surface area contributed by atoms with Gasteiger partial charge in [-0.3, -0.25) is 4.79 Å². The molecule has 1 aliphatic rings. The van der Waals surface area contributed by atoms with E-state index in [1.165, 1.54) is 0 Å². The van der Waals surface area contributed by atoms with Gasteiger partial charge in [-0.1, -0.05) is 6.92 Å². The second kappa shape index (κ2) is 2.70. The smallest absolute Gasteiger partial charge is 0.258 e. The van der Waals surface area contributed by atoms with Crippen molar-refractivity contribution in [1.29, 1.82) is 5.26 Å². The van der Waals surface area contributed by atoms with E-state index in [1.54, 1.807) is 6.92 Å². The molecule has 0 aromatic heterocycles. The molecular formula is C7H9N3O. The second-order valence-corrected chi connectivity index (χ2v) is 2.62. The van der Waals surface area contributed by atoms with Crippen molar-refractivity contribution in [3.63, 3.8) is 0 Å². The lowest BCUT2D eigenvalue weighted by Gasteiger charge is -2.20. The third-order valence-corrected chi connectivity index (χ3v) is 1.92. The maximum atomic E-state index is 10.9. The molecule has 0 aromatic rings. The van der Waals surface area contributed by atoms with Gasteiger partial charge in [-0.15, -0.1) is 0 Å². The van der Waals surface area contributed by atoms with Gasteiger partial charge in [0.2, 0.25) is 0 Å². The number of nitrogens with one attached hydrogen (secondary N) is 1. The summed E-state index contributed by atoms with van der Waals surface area (Å²) in [5, 5.41) is 12.3. The van der Waals surface area contributed by atoms with Crippen LogP contribution in [0.4, 0.5) is 0 Å². The number of nitriles is 1. The van der Waals surface area contributed by atoms with Crippen molar-refractivity contribution in [2.45, 2.75) is 13.8 Å². The third kappa shape index (κ3) is 1.22. The summed E-state index contributed by atoms with van der Waals surface area (Å²) in [6.07, 6.45) is 0. The molecule has 0 fully saturated rings. The SMILES string of the molecule is CC1=NNC(=O)C(C#N)C1C. The van der Waals surface area contributed by atoms with Crippen LogP contribution in [0.2, 0.25) is 0 Å². The van der Waals surface area contributed by atoms with Crippen LogP contribution in [0.5, 0.6) is 0 Å². The van der Waals surface area contributed by atoms with Crippen molar-refractivity contribution in [2.75, 3.05) is 0 Å². The summed E-state index contributed by atoms with van der Waals surface area (Å²) in [7, 11) is 0. The lowest BCUT2D eigenvalue weighted by Crippen LogP contribution is -2.38. The molecule has 0 saturated carbocycles.